The number of benzene rings is 2. The zero-order chi connectivity index (χ0) is 16.9. The van der Waals surface area contributed by atoms with E-state index in [4.69, 9.17) is 4.74 Å². The second-order valence-electron chi connectivity index (χ2n) is 5.13. The van der Waals surface area contributed by atoms with E-state index in [-0.39, 0.29) is 13.1 Å². The van der Waals surface area contributed by atoms with Gasteiger partial charge in [0.2, 0.25) is 5.91 Å². The summed E-state index contributed by atoms with van der Waals surface area (Å²) < 4.78 is 5.66. The molecule has 0 aromatic heterocycles. The van der Waals surface area contributed by atoms with Crippen LogP contribution >= 0.6 is 0 Å². The lowest BCUT2D eigenvalue weighted by atomic mass is 10.3. The summed E-state index contributed by atoms with van der Waals surface area (Å²) in [4.78, 5) is 35.6. The lowest BCUT2D eigenvalue weighted by molar-refractivity contribution is -0.128. The number of imide groups is 1. The highest BCUT2D eigenvalue weighted by molar-refractivity contribution is 6.06. The number of hydrogen-bond donors (Lipinski definition) is 2. The number of carbonyl (C=O) groups is 3. The molecule has 0 radical (unpaired) electrons. The normalized spacial score (nSPS) is 13.6. The Morgan fingerprint density at radius 3 is 2.33 bits per heavy atom. The van der Waals surface area contributed by atoms with Crippen LogP contribution in [0.15, 0.2) is 54.6 Å². The fourth-order valence-electron chi connectivity index (χ4n) is 2.19. The monoisotopic (exact) mass is 325 g/mol. The third-order valence-electron chi connectivity index (χ3n) is 3.36. The molecule has 4 amide bonds. The SMILES string of the molecule is O=C(CN1C(=O)CNC1=O)Nc1ccc(Oc2ccccc2)cc1. The summed E-state index contributed by atoms with van der Waals surface area (Å²) >= 11 is 0. The Morgan fingerprint density at radius 2 is 1.71 bits per heavy atom. The maximum atomic E-state index is 11.9. The minimum absolute atomic E-state index is 0.0718. The molecule has 1 fully saturated rings. The topological polar surface area (TPSA) is 87.7 Å². The minimum Gasteiger partial charge on any atom is -0.457 e. The number of rotatable bonds is 5. The number of para-hydroxylation sites is 1. The molecule has 122 valence electrons. The lowest BCUT2D eigenvalue weighted by Gasteiger charge is -2.12. The lowest BCUT2D eigenvalue weighted by Crippen LogP contribution is -2.38. The Kier molecular flexibility index (Phi) is 4.42. The number of ether oxygens (including phenoxy) is 1. The Balaban J connectivity index is 1.57. The predicted octanol–water partition coefficient (Wildman–Crippen LogP) is 1.97. The van der Waals surface area contributed by atoms with E-state index >= 15 is 0 Å². The third-order valence-corrected chi connectivity index (χ3v) is 3.36. The van der Waals surface area contributed by atoms with Gasteiger partial charge >= 0.3 is 6.03 Å². The van der Waals surface area contributed by atoms with Crippen LogP contribution in [-0.2, 0) is 9.59 Å². The fourth-order valence-corrected chi connectivity index (χ4v) is 2.19. The molecule has 1 saturated heterocycles. The molecule has 0 saturated carbocycles. The van der Waals surface area contributed by atoms with E-state index in [2.05, 4.69) is 10.6 Å². The van der Waals surface area contributed by atoms with E-state index in [0.29, 0.717) is 17.2 Å². The molecule has 2 aromatic rings. The van der Waals surface area contributed by atoms with Gasteiger partial charge in [-0.05, 0) is 36.4 Å². The van der Waals surface area contributed by atoms with Gasteiger partial charge in [-0.25, -0.2) is 4.79 Å². The first-order valence-corrected chi connectivity index (χ1v) is 7.33. The molecule has 0 aliphatic carbocycles. The van der Waals surface area contributed by atoms with Crippen molar-refractivity contribution in [3.05, 3.63) is 54.6 Å². The molecule has 7 nitrogen and oxygen atoms in total. The van der Waals surface area contributed by atoms with Crippen molar-refractivity contribution in [1.29, 1.82) is 0 Å². The zero-order valence-corrected chi connectivity index (χ0v) is 12.7. The Hall–Kier alpha value is -3.35. The molecule has 7 heteroatoms. The summed E-state index contributed by atoms with van der Waals surface area (Å²) in [6.07, 6.45) is 0. The quantitative estimate of drug-likeness (QED) is 0.823. The van der Waals surface area contributed by atoms with Gasteiger partial charge in [0.05, 0.1) is 6.54 Å². The molecule has 3 rings (SSSR count). The number of anilines is 1. The molecule has 1 aliphatic heterocycles. The van der Waals surface area contributed by atoms with Crippen molar-refractivity contribution < 1.29 is 19.1 Å². The van der Waals surface area contributed by atoms with Gasteiger partial charge in [-0.1, -0.05) is 18.2 Å². The maximum Gasteiger partial charge on any atom is 0.325 e. The number of nitrogens with one attached hydrogen (secondary N) is 2. The van der Waals surface area contributed by atoms with Gasteiger partial charge < -0.3 is 15.4 Å². The fraction of sp³-hybridized carbons (Fsp3) is 0.118. The number of hydrogen-bond acceptors (Lipinski definition) is 4. The summed E-state index contributed by atoms with van der Waals surface area (Å²) in [5.41, 5.74) is 0.549. The van der Waals surface area contributed by atoms with Gasteiger partial charge in [-0.3, -0.25) is 14.5 Å². The van der Waals surface area contributed by atoms with Crippen molar-refractivity contribution in [3.8, 4) is 11.5 Å². The second-order valence-corrected chi connectivity index (χ2v) is 5.13. The van der Waals surface area contributed by atoms with Crippen molar-refractivity contribution in [1.82, 2.24) is 10.2 Å². The summed E-state index contributed by atoms with van der Waals surface area (Å²) in [5, 5.41) is 4.99. The Labute approximate surface area is 138 Å². The first kappa shape index (κ1) is 15.5. The van der Waals surface area contributed by atoms with E-state index in [1.54, 1.807) is 24.3 Å². The highest BCUT2D eigenvalue weighted by Gasteiger charge is 2.30. The van der Waals surface area contributed by atoms with Crippen molar-refractivity contribution in [2.24, 2.45) is 0 Å². The summed E-state index contributed by atoms with van der Waals surface area (Å²) in [6, 6.07) is 15.6. The molecule has 0 unspecified atom stereocenters. The summed E-state index contributed by atoms with van der Waals surface area (Å²) in [7, 11) is 0. The van der Waals surface area contributed by atoms with Crippen LogP contribution in [0.2, 0.25) is 0 Å². The number of nitrogens with zero attached hydrogens (tertiary/aromatic N) is 1. The largest absolute Gasteiger partial charge is 0.457 e. The molecule has 1 aliphatic rings. The van der Waals surface area contributed by atoms with Gasteiger partial charge in [0.15, 0.2) is 0 Å². The molecule has 0 bridgehead atoms. The molecule has 0 atom stereocenters. The molecular formula is C17H15N3O4. The number of urea groups is 1. The van der Waals surface area contributed by atoms with E-state index in [1.807, 2.05) is 30.3 Å². The molecule has 2 aromatic carbocycles. The van der Waals surface area contributed by atoms with Gasteiger partial charge in [-0.15, -0.1) is 0 Å². The van der Waals surface area contributed by atoms with E-state index in [0.717, 1.165) is 4.90 Å². The van der Waals surface area contributed by atoms with Crippen LogP contribution in [0.4, 0.5) is 10.5 Å². The average Bonchev–Trinajstić information content (AvgIpc) is 2.89. The van der Waals surface area contributed by atoms with E-state index in [9.17, 15) is 14.4 Å². The van der Waals surface area contributed by atoms with Crippen molar-refractivity contribution >= 4 is 23.5 Å². The summed E-state index contributed by atoms with van der Waals surface area (Å²) in [6.45, 7) is -0.384. The molecular weight excluding hydrogens is 310 g/mol. The summed E-state index contributed by atoms with van der Waals surface area (Å²) in [5.74, 6) is 0.486. The van der Waals surface area contributed by atoms with Gasteiger partial charge in [0.25, 0.3) is 5.91 Å². The number of carbonyl (C=O) groups excluding carboxylic acids is 3. The predicted molar refractivity (Wildman–Crippen MR) is 86.7 cm³/mol. The molecule has 2 N–H and O–H groups in total. The standard InChI is InChI=1S/C17H15N3O4/c21-15(11-20-16(22)10-18-17(20)23)19-12-6-8-14(9-7-12)24-13-4-2-1-3-5-13/h1-9H,10-11H2,(H,18,23)(H,19,21). The van der Waals surface area contributed by atoms with Crippen LogP contribution in [0.1, 0.15) is 0 Å². The van der Waals surface area contributed by atoms with Crippen LogP contribution in [0.3, 0.4) is 0 Å². The van der Waals surface area contributed by atoms with Gasteiger partial charge in [-0.2, -0.15) is 0 Å². The first-order valence-electron chi connectivity index (χ1n) is 7.33. The van der Waals surface area contributed by atoms with Crippen LogP contribution in [0, 0.1) is 0 Å². The Bertz CT molecular complexity index is 743. The number of amides is 4. The second kappa shape index (κ2) is 6.82. The van der Waals surface area contributed by atoms with Crippen LogP contribution in [0.25, 0.3) is 0 Å². The van der Waals surface area contributed by atoms with E-state index in [1.165, 1.54) is 0 Å². The van der Waals surface area contributed by atoms with E-state index < -0.39 is 17.8 Å². The van der Waals surface area contributed by atoms with Gasteiger partial charge in [0.1, 0.15) is 18.0 Å². The Morgan fingerprint density at radius 1 is 1.04 bits per heavy atom. The minimum atomic E-state index is -0.554. The van der Waals surface area contributed by atoms with Gasteiger partial charge in [0, 0.05) is 5.69 Å². The first-order chi connectivity index (χ1) is 11.6. The smallest absolute Gasteiger partial charge is 0.325 e. The molecule has 1 heterocycles. The molecule has 24 heavy (non-hydrogen) atoms. The molecule has 0 spiro atoms. The third kappa shape index (κ3) is 3.70. The van der Waals surface area contributed by atoms with Crippen molar-refractivity contribution in [2.45, 2.75) is 0 Å². The van der Waals surface area contributed by atoms with Crippen molar-refractivity contribution in [3.63, 3.8) is 0 Å². The van der Waals surface area contributed by atoms with Crippen LogP contribution in [-0.4, -0.2) is 35.8 Å². The highest BCUT2D eigenvalue weighted by Crippen LogP contribution is 2.22. The van der Waals surface area contributed by atoms with Crippen LogP contribution in [0.5, 0.6) is 11.5 Å². The van der Waals surface area contributed by atoms with Crippen molar-refractivity contribution in [2.75, 3.05) is 18.4 Å². The average molecular weight is 325 g/mol. The van der Waals surface area contributed by atoms with Crippen LogP contribution < -0.4 is 15.4 Å². The maximum absolute atomic E-state index is 11.9. The highest BCUT2D eigenvalue weighted by atomic mass is 16.5. The zero-order valence-electron chi connectivity index (χ0n) is 12.7.